The third-order valence-electron chi connectivity index (χ3n) is 6.31. The summed E-state index contributed by atoms with van der Waals surface area (Å²) in [5.74, 6) is 0.894. The molecule has 1 aliphatic heterocycles. The Balaban J connectivity index is 1.33. The van der Waals surface area contributed by atoms with Gasteiger partial charge >= 0.3 is 0 Å². The summed E-state index contributed by atoms with van der Waals surface area (Å²) in [5.41, 5.74) is 5.06. The van der Waals surface area contributed by atoms with E-state index in [1.807, 2.05) is 24.3 Å². The van der Waals surface area contributed by atoms with Crippen LogP contribution in [0.5, 0.6) is 0 Å². The van der Waals surface area contributed by atoms with Crippen molar-refractivity contribution in [1.29, 1.82) is 0 Å². The molecule has 0 aromatic carbocycles. The Morgan fingerprint density at radius 1 is 1.19 bits per heavy atom. The monoisotopic (exact) mass is 436 g/mol. The lowest BCUT2D eigenvalue weighted by atomic mass is 9.76. The predicted octanol–water partition coefficient (Wildman–Crippen LogP) is 3.97. The van der Waals surface area contributed by atoms with Crippen LogP contribution in [-0.4, -0.2) is 46.5 Å². The van der Waals surface area contributed by atoms with E-state index in [9.17, 15) is 4.39 Å². The van der Waals surface area contributed by atoms with Crippen LogP contribution in [0.3, 0.4) is 0 Å². The molecule has 3 aromatic heterocycles. The average Bonchev–Trinajstić information content (AvgIpc) is 3.20. The molecule has 168 valence electrons. The maximum atomic E-state index is 14.4. The minimum Gasteiger partial charge on any atom is -0.378 e. The van der Waals surface area contributed by atoms with E-state index < -0.39 is 5.95 Å². The Morgan fingerprint density at radius 3 is 2.88 bits per heavy atom. The van der Waals surface area contributed by atoms with E-state index in [0.29, 0.717) is 25.6 Å². The fourth-order valence-corrected chi connectivity index (χ4v) is 4.53. The number of fused-ring (bicyclic) bond motifs is 1. The van der Waals surface area contributed by atoms with Crippen molar-refractivity contribution in [1.82, 2.24) is 20.2 Å². The van der Waals surface area contributed by atoms with Gasteiger partial charge in [0.1, 0.15) is 11.6 Å². The summed E-state index contributed by atoms with van der Waals surface area (Å²) in [5, 5.41) is 10.9. The van der Waals surface area contributed by atoms with Crippen LogP contribution in [0, 0.1) is 11.4 Å². The molecular formula is C24H29FN6O. The summed E-state index contributed by atoms with van der Waals surface area (Å²) in [7, 11) is 0. The lowest BCUT2D eigenvalue weighted by Crippen LogP contribution is -2.36. The highest BCUT2D eigenvalue weighted by Gasteiger charge is 2.29. The van der Waals surface area contributed by atoms with Gasteiger partial charge in [0.15, 0.2) is 0 Å². The van der Waals surface area contributed by atoms with Crippen molar-refractivity contribution in [3.8, 4) is 11.3 Å². The van der Waals surface area contributed by atoms with Gasteiger partial charge in [-0.1, -0.05) is 19.9 Å². The zero-order valence-corrected chi connectivity index (χ0v) is 18.6. The van der Waals surface area contributed by atoms with Crippen molar-refractivity contribution in [3.05, 3.63) is 53.2 Å². The molecule has 0 bridgehead atoms. The standard InChI is InChI=1S/C24H29FN6O/c1-24(2)7-6-18-19(14-24)29-30-23(18)16-12-20(25)28-21(13-16)26-15-17-4-3-5-22(27-17)31-8-10-32-11-9-31/h3-5,12-13H,6-11,14-15H2,1-2H3,(H,26,28)(H,29,30). The smallest absolute Gasteiger partial charge is 0.215 e. The SMILES string of the molecule is CC1(C)CCc2c(-c3cc(F)nc(NCc4cccc(N5CCOCC5)n4)c3)n[nH]c2C1. The number of pyridine rings is 2. The summed E-state index contributed by atoms with van der Waals surface area (Å²) in [6.07, 6.45) is 2.99. The van der Waals surface area contributed by atoms with Gasteiger partial charge in [-0.15, -0.1) is 0 Å². The molecule has 32 heavy (non-hydrogen) atoms. The van der Waals surface area contributed by atoms with E-state index in [2.05, 4.69) is 39.2 Å². The zero-order chi connectivity index (χ0) is 22.1. The van der Waals surface area contributed by atoms with Crippen LogP contribution < -0.4 is 10.2 Å². The number of morpholine rings is 1. The minimum atomic E-state index is -0.520. The summed E-state index contributed by atoms with van der Waals surface area (Å²) in [4.78, 5) is 11.0. The molecule has 0 radical (unpaired) electrons. The van der Waals surface area contributed by atoms with E-state index >= 15 is 0 Å². The number of halogens is 1. The van der Waals surface area contributed by atoms with Crippen LogP contribution in [0.15, 0.2) is 30.3 Å². The first-order chi connectivity index (χ1) is 15.5. The number of anilines is 2. The highest BCUT2D eigenvalue weighted by molar-refractivity contribution is 5.67. The third-order valence-corrected chi connectivity index (χ3v) is 6.31. The van der Waals surface area contributed by atoms with Crippen LogP contribution >= 0.6 is 0 Å². The molecule has 0 atom stereocenters. The molecule has 0 saturated carbocycles. The number of rotatable bonds is 5. The molecular weight excluding hydrogens is 407 g/mol. The lowest BCUT2D eigenvalue weighted by molar-refractivity contribution is 0.122. The Labute approximate surface area is 187 Å². The second kappa shape index (κ2) is 8.50. The molecule has 8 heteroatoms. The number of H-pyrrole nitrogens is 1. The van der Waals surface area contributed by atoms with Gasteiger partial charge in [0.25, 0.3) is 0 Å². The number of aromatic nitrogens is 4. The molecule has 7 nitrogen and oxygen atoms in total. The first kappa shape index (κ1) is 20.9. The fraction of sp³-hybridized carbons (Fsp3) is 0.458. The predicted molar refractivity (Wildman–Crippen MR) is 122 cm³/mol. The van der Waals surface area contributed by atoms with E-state index in [-0.39, 0.29) is 5.41 Å². The molecule has 1 saturated heterocycles. The number of aromatic amines is 1. The quantitative estimate of drug-likeness (QED) is 0.590. The fourth-order valence-electron chi connectivity index (χ4n) is 4.53. The van der Waals surface area contributed by atoms with Gasteiger partial charge in [-0.25, -0.2) is 9.97 Å². The topological polar surface area (TPSA) is 79.0 Å². The molecule has 3 aromatic rings. The van der Waals surface area contributed by atoms with Crippen molar-refractivity contribution in [2.24, 2.45) is 5.41 Å². The summed E-state index contributed by atoms with van der Waals surface area (Å²) < 4.78 is 19.8. The molecule has 2 aliphatic rings. The number of hydrogen-bond donors (Lipinski definition) is 2. The molecule has 5 rings (SSSR count). The van der Waals surface area contributed by atoms with Gasteiger partial charge in [0.2, 0.25) is 5.95 Å². The van der Waals surface area contributed by atoms with Crippen LogP contribution in [0.4, 0.5) is 16.0 Å². The molecule has 0 amide bonds. The largest absolute Gasteiger partial charge is 0.378 e. The average molecular weight is 437 g/mol. The molecule has 4 heterocycles. The van der Waals surface area contributed by atoms with Gasteiger partial charge < -0.3 is 15.0 Å². The van der Waals surface area contributed by atoms with E-state index in [1.54, 1.807) is 0 Å². The maximum absolute atomic E-state index is 14.4. The Hall–Kier alpha value is -3.00. The van der Waals surface area contributed by atoms with Crippen LogP contribution in [0.1, 0.15) is 37.2 Å². The molecule has 0 unspecified atom stereocenters. The number of nitrogens with one attached hydrogen (secondary N) is 2. The van der Waals surface area contributed by atoms with E-state index in [0.717, 1.165) is 60.8 Å². The van der Waals surface area contributed by atoms with Gasteiger partial charge in [-0.2, -0.15) is 9.49 Å². The molecule has 1 aliphatic carbocycles. The van der Waals surface area contributed by atoms with Gasteiger partial charge in [0.05, 0.1) is 31.1 Å². The van der Waals surface area contributed by atoms with Crippen molar-refractivity contribution in [3.63, 3.8) is 0 Å². The summed E-state index contributed by atoms with van der Waals surface area (Å²) in [6.45, 7) is 8.11. The van der Waals surface area contributed by atoms with Crippen LogP contribution in [-0.2, 0) is 24.1 Å². The zero-order valence-electron chi connectivity index (χ0n) is 18.6. The molecule has 1 fully saturated rings. The maximum Gasteiger partial charge on any atom is 0.215 e. The second-order valence-corrected chi connectivity index (χ2v) is 9.37. The lowest BCUT2D eigenvalue weighted by Gasteiger charge is -2.29. The van der Waals surface area contributed by atoms with Gasteiger partial charge in [-0.3, -0.25) is 5.10 Å². The van der Waals surface area contributed by atoms with Gasteiger partial charge in [-0.05, 0) is 42.9 Å². The first-order valence-corrected chi connectivity index (χ1v) is 11.2. The Bertz CT molecular complexity index is 1110. The summed E-state index contributed by atoms with van der Waals surface area (Å²) >= 11 is 0. The molecule has 0 spiro atoms. The number of nitrogens with zero attached hydrogens (tertiary/aromatic N) is 4. The molecule has 2 N–H and O–H groups in total. The van der Waals surface area contributed by atoms with Crippen molar-refractivity contribution in [2.45, 2.75) is 39.7 Å². The number of hydrogen-bond acceptors (Lipinski definition) is 6. The van der Waals surface area contributed by atoms with Crippen molar-refractivity contribution < 1.29 is 9.13 Å². The van der Waals surface area contributed by atoms with E-state index in [1.165, 1.54) is 11.6 Å². The van der Waals surface area contributed by atoms with Gasteiger partial charge in [0, 0.05) is 36.0 Å². The summed E-state index contributed by atoms with van der Waals surface area (Å²) in [6, 6.07) is 9.29. The highest BCUT2D eigenvalue weighted by atomic mass is 19.1. The Kier molecular flexibility index (Phi) is 5.55. The van der Waals surface area contributed by atoms with Crippen LogP contribution in [0.2, 0.25) is 0 Å². The second-order valence-electron chi connectivity index (χ2n) is 9.37. The normalized spacial score (nSPS) is 17.8. The van der Waals surface area contributed by atoms with Crippen molar-refractivity contribution in [2.75, 3.05) is 36.5 Å². The van der Waals surface area contributed by atoms with E-state index in [4.69, 9.17) is 9.72 Å². The first-order valence-electron chi connectivity index (χ1n) is 11.2. The third kappa shape index (κ3) is 4.46. The number of ether oxygens (including phenoxy) is 1. The van der Waals surface area contributed by atoms with Crippen molar-refractivity contribution >= 4 is 11.6 Å². The minimum absolute atomic E-state index is 0.260. The Morgan fingerprint density at radius 2 is 2.03 bits per heavy atom. The highest BCUT2D eigenvalue weighted by Crippen LogP contribution is 2.38. The van der Waals surface area contributed by atoms with Crippen LogP contribution in [0.25, 0.3) is 11.3 Å².